The smallest absolute Gasteiger partial charge is 0.155 e. The maximum Gasteiger partial charge on any atom is 0.155 e. The minimum Gasteiger partial charge on any atom is -0.388 e. The van der Waals surface area contributed by atoms with E-state index >= 15 is 0 Å². The lowest BCUT2D eigenvalue weighted by molar-refractivity contribution is -0.932. The third-order valence-corrected chi connectivity index (χ3v) is 5.16. The number of fused-ring (bicyclic) bond motifs is 2. The second kappa shape index (κ2) is 2.98. The van der Waals surface area contributed by atoms with Crippen LogP contribution in [0.3, 0.4) is 0 Å². The molecule has 0 aromatic carbocycles. The Hall–Kier alpha value is -0.0900. The van der Waals surface area contributed by atoms with E-state index in [9.17, 15) is 0 Å². The zero-order valence-corrected chi connectivity index (χ0v) is 11.0. The van der Waals surface area contributed by atoms with Crippen LogP contribution in [0.2, 0.25) is 0 Å². The summed E-state index contributed by atoms with van der Waals surface area (Å²) in [5.41, 5.74) is 0.0401. The molecule has 4 heteroatoms. The summed E-state index contributed by atoms with van der Waals surface area (Å²) in [5.74, 6) is 0. The molecule has 3 aliphatic rings. The number of halogens is 1. The number of hydrogen-bond donors (Lipinski definition) is 0. The summed E-state index contributed by atoms with van der Waals surface area (Å²) in [6, 6.07) is 1.55. The fourth-order valence-corrected chi connectivity index (χ4v) is 4.24. The molecule has 0 N–H and O–H groups in total. The molecule has 3 aliphatic heterocycles. The Balaban J connectivity index is 1.84. The number of rotatable bonds is 0. The lowest BCUT2D eigenvalue weighted by Crippen LogP contribution is -2.59. The van der Waals surface area contributed by atoms with E-state index in [1.807, 2.05) is 0 Å². The first-order valence-corrected chi connectivity index (χ1v) is 6.55. The number of oxime groups is 1. The molecule has 3 nitrogen and oxygen atoms in total. The van der Waals surface area contributed by atoms with Crippen LogP contribution in [0.15, 0.2) is 5.16 Å². The van der Waals surface area contributed by atoms with E-state index in [2.05, 4.69) is 35.2 Å². The molecule has 3 heterocycles. The van der Waals surface area contributed by atoms with Crippen molar-refractivity contribution in [1.29, 1.82) is 0 Å². The summed E-state index contributed by atoms with van der Waals surface area (Å²) in [6.45, 7) is 0. The largest absolute Gasteiger partial charge is 0.388 e. The highest BCUT2D eigenvalue weighted by Crippen LogP contribution is 2.48. The van der Waals surface area contributed by atoms with Crippen LogP contribution in [0.4, 0.5) is 0 Å². The lowest BCUT2D eigenvalue weighted by Gasteiger charge is -2.47. The molecule has 0 aromatic rings. The summed E-state index contributed by atoms with van der Waals surface area (Å²) in [4.78, 5) is 5.70. The molecule has 0 aliphatic carbocycles. The highest BCUT2D eigenvalue weighted by Gasteiger charge is 2.57. The Morgan fingerprint density at radius 3 is 2.40 bits per heavy atom. The van der Waals surface area contributed by atoms with Crippen LogP contribution in [0, 0.1) is 0 Å². The van der Waals surface area contributed by atoms with E-state index in [-0.39, 0.29) is 5.60 Å². The first-order valence-electron chi connectivity index (χ1n) is 5.76. The van der Waals surface area contributed by atoms with Crippen LogP contribution < -0.4 is 0 Å². The third kappa shape index (κ3) is 1.37. The molecule has 15 heavy (non-hydrogen) atoms. The first-order chi connectivity index (χ1) is 7.02. The minimum atomic E-state index is 0.0401. The molecule has 84 valence electrons. The number of nitrogens with zero attached hydrogens (tertiary/aromatic N) is 2. The average molecular weight is 274 g/mol. The molecular formula is C11H18BrN2O+. The number of piperidine rings is 1. The second-order valence-electron chi connectivity index (χ2n) is 5.84. The van der Waals surface area contributed by atoms with Crippen LogP contribution >= 0.6 is 15.9 Å². The van der Waals surface area contributed by atoms with Crippen LogP contribution in [0.1, 0.15) is 32.1 Å². The molecule has 2 fully saturated rings. The maximum atomic E-state index is 5.70. The van der Waals surface area contributed by atoms with Gasteiger partial charge in [0.15, 0.2) is 5.60 Å². The van der Waals surface area contributed by atoms with Crippen LogP contribution in [0.5, 0.6) is 0 Å². The summed E-state index contributed by atoms with van der Waals surface area (Å²) < 4.78 is 2.19. The highest BCUT2D eigenvalue weighted by molar-refractivity contribution is 9.18. The van der Waals surface area contributed by atoms with Gasteiger partial charge in [0.25, 0.3) is 0 Å². The monoisotopic (exact) mass is 273 g/mol. The summed E-state index contributed by atoms with van der Waals surface area (Å²) >= 11 is 3.46. The highest BCUT2D eigenvalue weighted by atomic mass is 79.9. The topological polar surface area (TPSA) is 21.6 Å². The van der Waals surface area contributed by atoms with Gasteiger partial charge in [-0.15, -0.1) is 0 Å². The fourth-order valence-electron chi connectivity index (χ4n) is 3.66. The van der Waals surface area contributed by atoms with Crippen molar-refractivity contribution in [3.8, 4) is 0 Å². The third-order valence-electron chi connectivity index (χ3n) is 4.74. The predicted octanol–water partition coefficient (Wildman–Crippen LogP) is 2.26. The van der Waals surface area contributed by atoms with Gasteiger partial charge in [0.2, 0.25) is 0 Å². The van der Waals surface area contributed by atoms with E-state index in [0.717, 1.165) is 23.1 Å². The number of hydrogen-bond acceptors (Lipinski definition) is 2. The molecular weight excluding hydrogens is 256 g/mol. The maximum absolute atomic E-state index is 5.70. The minimum absolute atomic E-state index is 0.0401. The van der Waals surface area contributed by atoms with Crippen molar-refractivity contribution in [3.05, 3.63) is 0 Å². The molecule has 3 atom stereocenters. The van der Waals surface area contributed by atoms with Gasteiger partial charge in [0.1, 0.15) is 4.62 Å². The lowest BCUT2D eigenvalue weighted by atomic mass is 9.83. The molecule has 1 spiro atoms. The normalized spacial score (nSPS) is 46.7. The van der Waals surface area contributed by atoms with Crippen molar-refractivity contribution in [1.82, 2.24) is 0 Å². The van der Waals surface area contributed by atoms with Crippen LogP contribution in [-0.4, -0.2) is 40.9 Å². The van der Waals surface area contributed by atoms with E-state index in [1.54, 1.807) is 0 Å². The van der Waals surface area contributed by atoms with E-state index < -0.39 is 0 Å². The van der Waals surface area contributed by atoms with E-state index in [4.69, 9.17) is 4.84 Å². The summed E-state index contributed by atoms with van der Waals surface area (Å²) in [7, 11) is 4.75. The van der Waals surface area contributed by atoms with Crippen molar-refractivity contribution < 1.29 is 9.32 Å². The molecule has 0 saturated carbocycles. The quantitative estimate of drug-likeness (QED) is 0.621. The second-order valence-corrected chi connectivity index (χ2v) is 6.76. The van der Waals surface area contributed by atoms with Crippen molar-refractivity contribution >= 4 is 20.6 Å². The Morgan fingerprint density at radius 2 is 1.93 bits per heavy atom. The Kier molecular flexibility index (Phi) is 2.00. The van der Waals surface area contributed by atoms with Crippen LogP contribution in [-0.2, 0) is 4.84 Å². The Bertz CT molecular complexity index is 311. The first kappa shape index (κ1) is 10.1. The fraction of sp³-hybridized carbons (Fsp3) is 0.909. The van der Waals surface area contributed by atoms with Gasteiger partial charge in [-0.3, -0.25) is 0 Å². The predicted molar refractivity (Wildman–Crippen MR) is 62.9 cm³/mol. The Morgan fingerprint density at radius 1 is 1.33 bits per heavy atom. The molecule has 0 radical (unpaired) electrons. The van der Waals surface area contributed by atoms with Crippen molar-refractivity contribution in [2.75, 3.05) is 14.1 Å². The molecule has 0 amide bonds. The van der Waals surface area contributed by atoms with Gasteiger partial charge in [-0.1, -0.05) is 5.16 Å². The van der Waals surface area contributed by atoms with Gasteiger partial charge in [-0.05, 0) is 15.9 Å². The summed E-state index contributed by atoms with van der Waals surface area (Å²) in [5, 5.41) is 4.08. The SMILES string of the molecule is C[N+]1(C)[C@@H]2CC[C@H]1CC1(CC(Br)=NO1)C2. The van der Waals surface area contributed by atoms with E-state index in [0.29, 0.717) is 0 Å². The van der Waals surface area contributed by atoms with Gasteiger partial charge in [-0.25, -0.2) is 0 Å². The molecule has 2 bridgehead atoms. The number of quaternary nitrogens is 1. The van der Waals surface area contributed by atoms with Gasteiger partial charge < -0.3 is 9.32 Å². The zero-order valence-electron chi connectivity index (χ0n) is 9.37. The molecule has 2 saturated heterocycles. The molecule has 1 unspecified atom stereocenters. The van der Waals surface area contributed by atoms with E-state index in [1.165, 1.54) is 30.2 Å². The van der Waals surface area contributed by atoms with Gasteiger partial charge in [0, 0.05) is 32.1 Å². The van der Waals surface area contributed by atoms with Crippen LogP contribution in [0.25, 0.3) is 0 Å². The van der Waals surface area contributed by atoms with Crippen molar-refractivity contribution in [2.45, 2.75) is 49.8 Å². The van der Waals surface area contributed by atoms with Gasteiger partial charge in [-0.2, -0.15) is 0 Å². The van der Waals surface area contributed by atoms with Crippen molar-refractivity contribution in [2.24, 2.45) is 5.16 Å². The van der Waals surface area contributed by atoms with Crippen molar-refractivity contribution in [3.63, 3.8) is 0 Å². The molecule has 0 aromatic heterocycles. The zero-order chi connectivity index (χ0) is 10.7. The average Bonchev–Trinajstić information content (AvgIpc) is 2.55. The van der Waals surface area contributed by atoms with Gasteiger partial charge >= 0.3 is 0 Å². The van der Waals surface area contributed by atoms with Gasteiger partial charge in [0.05, 0.1) is 26.2 Å². The Labute approximate surface area is 99.2 Å². The standard InChI is InChI=1S/C11H18BrN2O/c1-14(2)8-3-4-9(14)6-11(5-8)7-10(12)13-15-11/h8-9H,3-7H2,1-2H3/q+1/t8-,9+,11?. The molecule has 3 rings (SSSR count). The summed E-state index contributed by atoms with van der Waals surface area (Å²) in [6.07, 6.45) is 6.06.